The zero-order valence-corrected chi connectivity index (χ0v) is 18.8. The number of hydrogen-bond acceptors (Lipinski definition) is 3. The minimum Gasteiger partial charge on any atom is -0.356 e. The average molecular weight is 474 g/mol. The molecular weight excluding hydrogens is 439 g/mol. The molecule has 148 valence electrons. The summed E-state index contributed by atoms with van der Waals surface area (Å²) in [5.41, 5.74) is 0. The van der Waals surface area contributed by atoms with Crippen molar-refractivity contribution in [3.05, 3.63) is 11.6 Å². The Morgan fingerprint density at radius 3 is 2.81 bits per heavy atom. The highest BCUT2D eigenvalue weighted by Crippen LogP contribution is 2.30. The Morgan fingerprint density at radius 2 is 2.04 bits per heavy atom. The number of fused-ring (bicyclic) bond motifs is 1. The Morgan fingerprint density at radius 1 is 1.19 bits per heavy atom. The number of nitrogens with one attached hydrogen (secondary N) is 2. The minimum atomic E-state index is 0. The maximum absolute atomic E-state index is 4.38. The van der Waals surface area contributed by atoms with E-state index in [0.717, 1.165) is 55.5 Å². The number of aryl methyl sites for hydroxylation is 2. The summed E-state index contributed by atoms with van der Waals surface area (Å²) in [4.78, 5) is 4.38. The van der Waals surface area contributed by atoms with Gasteiger partial charge in [0, 0.05) is 33.1 Å². The molecule has 3 atom stereocenters. The first-order valence-electron chi connectivity index (χ1n) is 9.99. The lowest BCUT2D eigenvalue weighted by Crippen LogP contribution is -2.42. The molecule has 1 aromatic heterocycles. The highest BCUT2D eigenvalue weighted by molar-refractivity contribution is 14.0. The number of rotatable bonds is 5. The molecule has 0 spiro atoms. The van der Waals surface area contributed by atoms with E-state index in [1.54, 1.807) is 0 Å². The van der Waals surface area contributed by atoms with Crippen molar-refractivity contribution in [2.24, 2.45) is 22.7 Å². The van der Waals surface area contributed by atoms with Gasteiger partial charge >= 0.3 is 0 Å². The van der Waals surface area contributed by atoms with Crippen LogP contribution in [0.1, 0.15) is 57.1 Å². The summed E-state index contributed by atoms with van der Waals surface area (Å²) in [5, 5.41) is 15.5. The Labute approximate surface area is 175 Å². The molecule has 7 heteroatoms. The summed E-state index contributed by atoms with van der Waals surface area (Å²) < 4.78 is 2.26. The molecule has 1 fully saturated rings. The van der Waals surface area contributed by atoms with Gasteiger partial charge in [-0.15, -0.1) is 34.2 Å². The number of aliphatic imine (C=N–C) groups is 1. The fourth-order valence-electron chi connectivity index (χ4n) is 4.37. The van der Waals surface area contributed by atoms with Crippen LogP contribution in [-0.4, -0.2) is 40.9 Å². The van der Waals surface area contributed by atoms with Gasteiger partial charge < -0.3 is 15.2 Å². The Balaban J connectivity index is 0.00000243. The van der Waals surface area contributed by atoms with E-state index in [0.29, 0.717) is 5.92 Å². The summed E-state index contributed by atoms with van der Waals surface area (Å²) >= 11 is 0. The molecule has 1 aliphatic heterocycles. The van der Waals surface area contributed by atoms with Gasteiger partial charge in [0.05, 0.1) is 0 Å². The fourth-order valence-corrected chi connectivity index (χ4v) is 4.37. The molecule has 6 nitrogen and oxygen atoms in total. The van der Waals surface area contributed by atoms with E-state index in [1.807, 2.05) is 14.0 Å². The number of guanidine groups is 1. The molecule has 0 bridgehead atoms. The van der Waals surface area contributed by atoms with E-state index in [9.17, 15) is 0 Å². The van der Waals surface area contributed by atoms with Gasteiger partial charge in [-0.1, -0.05) is 26.2 Å². The summed E-state index contributed by atoms with van der Waals surface area (Å²) in [5.74, 6) is 5.52. The maximum atomic E-state index is 4.38. The summed E-state index contributed by atoms with van der Waals surface area (Å²) in [6, 6.07) is 0. The van der Waals surface area contributed by atoms with Crippen LogP contribution in [0.5, 0.6) is 0 Å². The molecule has 0 amide bonds. The Bertz CT molecular complexity index is 585. The van der Waals surface area contributed by atoms with Gasteiger partial charge in [0.1, 0.15) is 11.6 Å². The van der Waals surface area contributed by atoms with Crippen molar-refractivity contribution in [2.45, 2.75) is 65.3 Å². The SMILES string of the molecule is CN=C(NCCC1CCCC(C)C1)NCC1CCc2nnc(C)n2C1.I. The molecule has 3 unspecified atom stereocenters. The van der Waals surface area contributed by atoms with Crippen LogP contribution < -0.4 is 10.6 Å². The lowest BCUT2D eigenvalue weighted by atomic mass is 9.81. The highest BCUT2D eigenvalue weighted by atomic mass is 127. The van der Waals surface area contributed by atoms with Gasteiger partial charge in [-0.05, 0) is 43.9 Å². The molecule has 0 radical (unpaired) electrons. The molecule has 26 heavy (non-hydrogen) atoms. The number of nitrogens with zero attached hydrogens (tertiary/aromatic N) is 4. The second-order valence-corrected chi connectivity index (χ2v) is 7.99. The first-order chi connectivity index (χ1) is 12.2. The van der Waals surface area contributed by atoms with Crippen LogP contribution in [0.2, 0.25) is 0 Å². The van der Waals surface area contributed by atoms with E-state index in [1.165, 1.54) is 38.5 Å². The van der Waals surface area contributed by atoms with Crippen molar-refractivity contribution >= 4 is 29.9 Å². The summed E-state index contributed by atoms with van der Waals surface area (Å²) in [7, 11) is 1.86. The van der Waals surface area contributed by atoms with E-state index in [4.69, 9.17) is 0 Å². The first-order valence-corrected chi connectivity index (χ1v) is 9.99. The summed E-state index contributed by atoms with van der Waals surface area (Å²) in [6.45, 7) is 7.43. The van der Waals surface area contributed by atoms with Gasteiger partial charge in [-0.2, -0.15) is 0 Å². The van der Waals surface area contributed by atoms with Crippen molar-refractivity contribution in [1.82, 2.24) is 25.4 Å². The minimum absolute atomic E-state index is 0. The third-order valence-corrected chi connectivity index (χ3v) is 5.90. The van der Waals surface area contributed by atoms with E-state index in [2.05, 4.69) is 37.3 Å². The molecule has 1 aromatic rings. The molecule has 2 N–H and O–H groups in total. The summed E-state index contributed by atoms with van der Waals surface area (Å²) in [6.07, 6.45) is 9.09. The smallest absolute Gasteiger partial charge is 0.190 e. The number of halogens is 1. The Kier molecular flexibility index (Phi) is 8.63. The van der Waals surface area contributed by atoms with Crippen molar-refractivity contribution in [3.8, 4) is 0 Å². The largest absolute Gasteiger partial charge is 0.356 e. The van der Waals surface area contributed by atoms with E-state index < -0.39 is 0 Å². The van der Waals surface area contributed by atoms with Crippen molar-refractivity contribution in [1.29, 1.82) is 0 Å². The molecule has 1 aliphatic carbocycles. The molecular formula is C19H35IN6. The third kappa shape index (κ3) is 5.82. The van der Waals surface area contributed by atoms with E-state index >= 15 is 0 Å². The second kappa shape index (κ2) is 10.5. The van der Waals surface area contributed by atoms with Gasteiger partial charge in [0.2, 0.25) is 0 Å². The van der Waals surface area contributed by atoms with E-state index in [-0.39, 0.29) is 24.0 Å². The fraction of sp³-hybridized carbons (Fsp3) is 0.842. The number of aromatic nitrogens is 3. The normalized spacial score (nSPS) is 26.0. The molecule has 3 rings (SSSR count). The lowest BCUT2D eigenvalue weighted by molar-refractivity contribution is 0.270. The van der Waals surface area contributed by atoms with Crippen molar-refractivity contribution in [3.63, 3.8) is 0 Å². The van der Waals surface area contributed by atoms with Crippen LogP contribution in [0.3, 0.4) is 0 Å². The topological polar surface area (TPSA) is 67.1 Å². The molecule has 0 saturated heterocycles. The third-order valence-electron chi connectivity index (χ3n) is 5.90. The van der Waals surface area contributed by atoms with Gasteiger partial charge in [0.25, 0.3) is 0 Å². The number of hydrogen-bond donors (Lipinski definition) is 2. The predicted molar refractivity (Wildman–Crippen MR) is 117 cm³/mol. The van der Waals surface area contributed by atoms with Crippen LogP contribution in [0, 0.1) is 24.7 Å². The standard InChI is InChI=1S/C19H34N6.HI/c1-14-5-4-6-16(11-14)9-10-21-19(20-3)22-12-17-7-8-18-24-23-15(2)25(18)13-17;/h14,16-17H,4-13H2,1-3H3,(H2,20,21,22);1H. The maximum Gasteiger partial charge on any atom is 0.190 e. The van der Waals surface area contributed by atoms with Crippen LogP contribution >= 0.6 is 24.0 Å². The molecule has 2 heterocycles. The zero-order valence-electron chi connectivity index (χ0n) is 16.5. The molecule has 1 saturated carbocycles. The monoisotopic (exact) mass is 474 g/mol. The van der Waals surface area contributed by atoms with Gasteiger partial charge in [0.15, 0.2) is 5.96 Å². The van der Waals surface area contributed by atoms with Crippen molar-refractivity contribution in [2.75, 3.05) is 20.1 Å². The van der Waals surface area contributed by atoms with Crippen LogP contribution in [0.4, 0.5) is 0 Å². The molecule has 2 aliphatic rings. The molecule has 0 aromatic carbocycles. The van der Waals surface area contributed by atoms with Gasteiger partial charge in [-0.25, -0.2) is 0 Å². The quantitative estimate of drug-likeness (QED) is 0.391. The first kappa shape index (κ1) is 21.4. The van der Waals surface area contributed by atoms with Crippen LogP contribution in [0.25, 0.3) is 0 Å². The van der Waals surface area contributed by atoms with Crippen LogP contribution in [0.15, 0.2) is 4.99 Å². The highest BCUT2D eigenvalue weighted by Gasteiger charge is 2.22. The predicted octanol–water partition coefficient (Wildman–Crippen LogP) is 3.15. The van der Waals surface area contributed by atoms with Gasteiger partial charge in [-0.3, -0.25) is 4.99 Å². The lowest BCUT2D eigenvalue weighted by Gasteiger charge is -2.27. The van der Waals surface area contributed by atoms with Crippen molar-refractivity contribution < 1.29 is 0 Å². The zero-order chi connectivity index (χ0) is 17.6. The van der Waals surface area contributed by atoms with Crippen LogP contribution in [-0.2, 0) is 13.0 Å². The second-order valence-electron chi connectivity index (χ2n) is 7.99. The Hall–Kier alpha value is -0.860. The average Bonchev–Trinajstić information content (AvgIpc) is 2.99.